The average Bonchev–Trinajstić information content (AvgIpc) is 3.11. The van der Waals surface area contributed by atoms with Gasteiger partial charge < -0.3 is 4.74 Å². The van der Waals surface area contributed by atoms with E-state index >= 15 is 0 Å². The van der Waals surface area contributed by atoms with Crippen molar-refractivity contribution in [2.24, 2.45) is 0 Å². The predicted molar refractivity (Wildman–Crippen MR) is 111 cm³/mol. The molecule has 1 saturated heterocycles. The quantitative estimate of drug-likeness (QED) is 0.229. The number of ether oxygens (including phenoxy) is 1. The van der Waals surface area contributed by atoms with Crippen LogP contribution >= 0.6 is 11.8 Å². The van der Waals surface area contributed by atoms with Crippen molar-refractivity contribution >= 4 is 11.8 Å². The van der Waals surface area contributed by atoms with E-state index in [1.54, 1.807) is 0 Å². The van der Waals surface area contributed by atoms with Crippen molar-refractivity contribution in [3.63, 3.8) is 0 Å². The highest BCUT2D eigenvalue weighted by molar-refractivity contribution is 8.00. The fourth-order valence-electron chi connectivity index (χ4n) is 3.54. The van der Waals surface area contributed by atoms with Crippen molar-refractivity contribution in [1.82, 2.24) is 0 Å². The largest absolute Gasteiger partial charge is 0.368 e. The standard InChI is InChI=1S/C22H44OS/c1-2-3-4-5-6-7-8-9-10-11-12-13-14-15-16-17-20-23-22-19-18-21-24-22/h22H,2-21H2,1H3. The van der Waals surface area contributed by atoms with Crippen LogP contribution in [0.4, 0.5) is 0 Å². The highest BCUT2D eigenvalue weighted by Gasteiger charge is 2.14. The fraction of sp³-hybridized carbons (Fsp3) is 1.00. The van der Waals surface area contributed by atoms with E-state index in [9.17, 15) is 0 Å². The first-order chi connectivity index (χ1) is 11.9. The molecular formula is C22H44OS. The van der Waals surface area contributed by atoms with E-state index in [0.29, 0.717) is 5.44 Å². The minimum absolute atomic E-state index is 0.529. The Morgan fingerprint density at radius 1 is 0.667 bits per heavy atom. The second kappa shape index (κ2) is 18.1. The molecule has 1 atom stereocenters. The smallest absolute Gasteiger partial charge is 0.103 e. The lowest BCUT2D eigenvalue weighted by Gasteiger charge is -2.09. The normalized spacial score (nSPS) is 17.6. The molecule has 0 aromatic rings. The first-order valence-electron chi connectivity index (χ1n) is 11.2. The van der Waals surface area contributed by atoms with Crippen LogP contribution in [0.25, 0.3) is 0 Å². The van der Waals surface area contributed by atoms with Crippen LogP contribution in [-0.4, -0.2) is 17.8 Å². The monoisotopic (exact) mass is 356 g/mol. The molecule has 1 aliphatic heterocycles. The van der Waals surface area contributed by atoms with Gasteiger partial charge in [-0.05, 0) is 25.0 Å². The molecule has 0 radical (unpaired) electrons. The molecule has 2 heteroatoms. The van der Waals surface area contributed by atoms with Gasteiger partial charge in [-0.3, -0.25) is 0 Å². The molecule has 0 saturated carbocycles. The Morgan fingerprint density at radius 2 is 1.12 bits per heavy atom. The highest BCUT2D eigenvalue weighted by atomic mass is 32.2. The summed E-state index contributed by atoms with van der Waals surface area (Å²) in [7, 11) is 0. The van der Waals surface area contributed by atoms with Gasteiger partial charge >= 0.3 is 0 Å². The van der Waals surface area contributed by atoms with Crippen LogP contribution in [0.15, 0.2) is 0 Å². The summed E-state index contributed by atoms with van der Waals surface area (Å²) in [6.45, 7) is 3.29. The molecule has 144 valence electrons. The molecule has 1 aliphatic rings. The maximum Gasteiger partial charge on any atom is 0.103 e. The first kappa shape index (κ1) is 22.4. The van der Waals surface area contributed by atoms with Crippen LogP contribution in [0.2, 0.25) is 0 Å². The molecule has 0 aromatic carbocycles. The maximum atomic E-state index is 5.89. The summed E-state index contributed by atoms with van der Waals surface area (Å²) in [6.07, 6.45) is 25.6. The van der Waals surface area contributed by atoms with Gasteiger partial charge in [0.15, 0.2) is 0 Å². The van der Waals surface area contributed by atoms with Gasteiger partial charge in [0.1, 0.15) is 5.44 Å². The molecule has 0 aliphatic carbocycles. The Hall–Kier alpha value is 0.310. The molecule has 1 heterocycles. The zero-order valence-electron chi connectivity index (χ0n) is 16.5. The lowest BCUT2D eigenvalue weighted by atomic mass is 10.0. The van der Waals surface area contributed by atoms with Crippen molar-refractivity contribution in [2.45, 2.75) is 128 Å². The second-order valence-corrected chi connectivity index (χ2v) is 8.88. The van der Waals surface area contributed by atoms with Crippen molar-refractivity contribution in [1.29, 1.82) is 0 Å². The lowest BCUT2D eigenvalue weighted by molar-refractivity contribution is 0.107. The van der Waals surface area contributed by atoms with Gasteiger partial charge in [-0.25, -0.2) is 0 Å². The van der Waals surface area contributed by atoms with Gasteiger partial charge in [0, 0.05) is 6.61 Å². The van der Waals surface area contributed by atoms with E-state index in [1.807, 2.05) is 11.8 Å². The van der Waals surface area contributed by atoms with Gasteiger partial charge in [-0.1, -0.05) is 103 Å². The molecule has 1 rings (SSSR count). The topological polar surface area (TPSA) is 9.23 Å². The summed E-state index contributed by atoms with van der Waals surface area (Å²) in [5, 5.41) is 0. The molecule has 0 aromatic heterocycles. The van der Waals surface area contributed by atoms with Gasteiger partial charge in [0.25, 0.3) is 0 Å². The Bertz CT molecular complexity index is 238. The molecule has 0 amide bonds. The van der Waals surface area contributed by atoms with Crippen LogP contribution < -0.4 is 0 Å². The third-order valence-corrected chi connectivity index (χ3v) is 6.46. The summed E-state index contributed by atoms with van der Waals surface area (Å²) >= 11 is 2.01. The van der Waals surface area contributed by atoms with E-state index in [2.05, 4.69) is 6.92 Å². The van der Waals surface area contributed by atoms with Crippen LogP contribution in [0.1, 0.15) is 122 Å². The Balaban J connectivity index is 1.63. The fourth-order valence-corrected chi connectivity index (χ4v) is 4.67. The molecule has 0 N–H and O–H groups in total. The maximum absolute atomic E-state index is 5.89. The van der Waals surface area contributed by atoms with E-state index < -0.39 is 0 Å². The van der Waals surface area contributed by atoms with Gasteiger partial charge in [-0.15, -0.1) is 11.8 Å². The molecule has 24 heavy (non-hydrogen) atoms. The van der Waals surface area contributed by atoms with E-state index in [0.717, 1.165) is 6.61 Å². The van der Waals surface area contributed by atoms with E-state index in [4.69, 9.17) is 4.74 Å². The molecular weight excluding hydrogens is 312 g/mol. The van der Waals surface area contributed by atoms with Crippen molar-refractivity contribution < 1.29 is 4.74 Å². The average molecular weight is 357 g/mol. The third-order valence-electron chi connectivity index (χ3n) is 5.19. The van der Waals surface area contributed by atoms with Crippen molar-refractivity contribution in [3.05, 3.63) is 0 Å². The zero-order chi connectivity index (χ0) is 17.1. The molecule has 1 unspecified atom stereocenters. The Labute approximate surface area is 157 Å². The van der Waals surface area contributed by atoms with Crippen LogP contribution in [0.5, 0.6) is 0 Å². The van der Waals surface area contributed by atoms with Crippen molar-refractivity contribution in [3.8, 4) is 0 Å². The van der Waals surface area contributed by atoms with Gasteiger partial charge in [-0.2, -0.15) is 0 Å². The highest BCUT2D eigenvalue weighted by Crippen LogP contribution is 2.27. The predicted octanol–water partition coefficient (Wildman–Crippen LogP) is 8.12. The van der Waals surface area contributed by atoms with Crippen LogP contribution in [0, 0.1) is 0 Å². The van der Waals surface area contributed by atoms with Crippen LogP contribution in [0.3, 0.4) is 0 Å². The van der Waals surface area contributed by atoms with Crippen LogP contribution in [-0.2, 0) is 4.74 Å². The number of hydrogen-bond acceptors (Lipinski definition) is 2. The SMILES string of the molecule is CCCCCCCCCCCCCCCCCCOC1CCCS1. The van der Waals surface area contributed by atoms with E-state index in [-0.39, 0.29) is 0 Å². The minimum Gasteiger partial charge on any atom is -0.368 e. The third kappa shape index (κ3) is 14.6. The molecule has 0 spiro atoms. The molecule has 1 fully saturated rings. The Morgan fingerprint density at radius 3 is 1.54 bits per heavy atom. The summed E-state index contributed by atoms with van der Waals surface area (Å²) in [4.78, 5) is 0. The Kier molecular flexibility index (Phi) is 16.9. The van der Waals surface area contributed by atoms with Gasteiger partial charge in [0.05, 0.1) is 0 Å². The minimum atomic E-state index is 0.529. The summed E-state index contributed by atoms with van der Waals surface area (Å²) < 4.78 is 5.89. The number of unbranched alkanes of at least 4 members (excludes halogenated alkanes) is 15. The summed E-state index contributed by atoms with van der Waals surface area (Å²) in [5.74, 6) is 1.31. The summed E-state index contributed by atoms with van der Waals surface area (Å²) in [6, 6.07) is 0. The molecule has 1 nitrogen and oxygen atoms in total. The van der Waals surface area contributed by atoms with Crippen molar-refractivity contribution in [2.75, 3.05) is 12.4 Å². The molecule has 0 bridgehead atoms. The zero-order valence-corrected chi connectivity index (χ0v) is 17.4. The first-order valence-corrected chi connectivity index (χ1v) is 12.2. The second-order valence-electron chi connectivity index (χ2n) is 7.62. The van der Waals surface area contributed by atoms with Gasteiger partial charge in [0.2, 0.25) is 0 Å². The number of hydrogen-bond donors (Lipinski definition) is 0. The number of rotatable bonds is 18. The van der Waals surface area contributed by atoms with E-state index in [1.165, 1.54) is 121 Å². The summed E-state index contributed by atoms with van der Waals surface area (Å²) in [5.41, 5.74) is 0.529. The number of thioether (sulfide) groups is 1. The lowest BCUT2D eigenvalue weighted by Crippen LogP contribution is -2.04.